The summed E-state index contributed by atoms with van der Waals surface area (Å²) in [6.07, 6.45) is 6.22. The molecule has 0 atom stereocenters. The zero-order valence-electron chi connectivity index (χ0n) is 21.8. The lowest BCUT2D eigenvalue weighted by Gasteiger charge is -2.45. The Bertz CT molecular complexity index is 1270. The molecule has 0 amide bonds. The van der Waals surface area contributed by atoms with Crippen molar-refractivity contribution in [2.45, 2.75) is 77.9 Å². The van der Waals surface area contributed by atoms with Gasteiger partial charge in [-0.25, -0.2) is 4.98 Å². The van der Waals surface area contributed by atoms with Gasteiger partial charge < -0.3 is 10.4 Å². The molecule has 1 saturated heterocycles. The van der Waals surface area contributed by atoms with Crippen LogP contribution in [0.2, 0.25) is 0 Å². The first kappa shape index (κ1) is 24.9. The number of piperidine rings is 1. The number of rotatable bonds is 5. The van der Waals surface area contributed by atoms with Crippen molar-refractivity contribution in [3.05, 3.63) is 42.2 Å². The molecule has 3 N–H and O–H groups in total. The van der Waals surface area contributed by atoms with Gasteiger partial charge in [-0.1, -0.05) is 13.0 Å². The van der Waals surface area contributed by atoms with E-state index in [1.165, 1.54) is 0 Å². The van der Waals surface area contributed by atoms with Crippen LogP contribution in [-0.4, -0.2) is 48.5 Å². The Hall–Kier alpha value is -3.26. The number of fused-ring (bicyclic) bond motifs is 1. The Morgan fingerprint density at radius 2 is 1.86 bits per heavy atom. The third-order valence-corrected chi connectivity index (χ3v) is 6.45. The van der Waals surface area contributed by atoms with Gasteiger partial charge in [0.15, 0.2) is 5.65 Å². The second-order valence-corrected chi connectivity index (χ2v) is 10.8. The molecule has 0 aliphatic carbocycles. The zero-order chi connectivity index (χ0) is 25.4. The normalized spacial score (nSPS) is 18.7. The number of hydrogen-bond acceptors (Lipinski definition) is 6. The molecule has 0 radical (unpaired) electrons. The quantitative estimate of drug-likeness (QED) is 0.280. The average Bonchev–Trinajstić information content (AvgIpc) is 3.13. The Morgan fingerprint density at radius 3 is 2.51 bits per heavy atom. The largest absolute Gasteiger partial charge is 0.507 e. The minimum absolute atomic E-state index is 0.0403. The van der Waals surface area contributed by atoms with E-state index in [2.05, 4.69) is 53.6 Å². The van der Waals surface area contributed by atoms with Gasteiger partial charge in [0.25, 0.3) is 0 Å². The van der Waals surface area contributed by atoms with Gasteiger partial charge in [0.05, 0.1) is 18.0 Å². The van der Waals surface area contributed by atoms with E-state index in [9.17, 15) is 5.11 Å². The third-order valence-electron chi connectivity index (χ3n) is 6.45. The SMILES string of the molecule is CC/C(=N\NC(C)=NC1CC(C)(C)NC(C)(C)C1)c1ccc(-c2cnc3c(cnn3C)c2)cc1O. The van der Waals surface area contributed by atoms with Gasteiger partial charge in [0, 0.05) is 40.8 Å². The lowest BCUT2D eigenvalue weighted by molar-refractivity contribution is 0.164. The number of benzene rings is 1. The summed E-state index contributed by atoms with van der Waals surface area (Å²) in [6, 6.07) is 7.92. The van der Waals surface area contributed by atoms with E-state index in [1.807, 2.05) is 39.1 Å². The highest BCUT2D eigenvalue weighted by Gasteiger charge is 2.37. The van der Waals surface area contributed by atoms with Crippen LogP contribution in [0, 0.1) is 0 Å². The summed E-state index contributed by atoms with van der Waals surface area (Å²) >= 11 is 0. The third kappa shape index (κ3) is 5.70. The number of hydrazone groups is 1. The summed E-state index contributed by atoms with van der Waals surface area (Å²) in [7, 11) is 1.87. The first-order chi connectivity index (χ1) is 16.5. The van der Waals surface area contributed by atoms with Crippen molar-refractivity contribution >= 4 is 22.6 Å². The number of hydrogen-bond donors (Lipinski definition) is 3. The van der Waals surface area contributed by atoms with Crippen LogP contribution >= 0.6 is 0 Å². The smallest absolute Gasteiger partial charge is 0.157 e. The molecular weight excluding hydrogens is 438 g/mol. The second-order valence-electron chi connectivity index (χ2n) is 10.8. The number of aromatic nitrogens is 3. The topological polar surface area (TPSA) is 99.7 Å². The molecule has 4 rings (SSSR count). The predicted octanol–water partition coefficient (Wildman–Crippen LogP) is 4.77. The van der Waals surface area contributed by atoms with Crippen LogP contribution in [0.15, 0.2) is 46.8 Å². The van der Waals surface area contributed by atoms with Gasteiger partial charge in [-0.15, -0.1) is 0 Å². The van der Waals surface area contributed by atoms with E-state index in [0.717, 1.165) is 46.5 Å². The monoisotopic (exact) mass is 475 g/mol. The Morgan fingerprint density at radius 1 is 1.14 bits per heavy atom. The molecule has 8 heteroatoms. The number of aryl methyl sites for hydroxylation is 1. The van der Waals surface area contributed by atoms with Crippen molar-refractivity contribution in [2.75, 3.05) is 0 Å². The van der Waals surface area contributed by atoms with Crippen LogP contribution in [0.3, 0.4) is 0 Å². The van der Waals surface area contributed by atoms with E-state index >= 15 is 0 Å². The van der Waals surface area contributed by atoms with Crippen molar-refractivity contribution in [2.24, 2.45) is 17.1 Å². The summed E-state index contributed by atoms with van der Waals surface area (Å²) in [4.78, 5) is 9.42. The number of pyridine rings is 1. The molecule has 1 aromatic carbocycles. The fourth-order valence-corrected chi connectivity index (χ4v) is 5.30. The van der Waals surface area contributed by atoms with Crippen molar-refractivity contribution in [3.8, 4) is 16.9 Å². The summed E-state index contributed by atoms with van der Waals surface area (Å²) < 4.78 is 1.74. The number of amidine groups is 1. The molecule has 2 aromatic heterocycles. The Balaban J connectivity index is 1.52. The van der Waals surface area contributed by atoms with Crippen molar-refractivity contribution in [1.82, 2.24) is 25.5 Å². The zero-order valence-corrected chi connectivity index (χ0v) is 21.8. The summed E-state index contributed by atoms with van der Waals surface area (Å²) in [5.74, 6) is 0.967. The molecule has 1 aliphatic rings. The summed E-state index contributed by atoms with van der Waals surface area (Å²) in [5.41, 5.74) is 7.32. The van der Waals surface area contributed by atoms with Crippen LogP contribution in [0.25, 0.3) is 22.2 Å². The molecule has 0 bridgehead atoms. The van der Waals surface area contributed by atoms with E-state index in [-0.39, 0.29) is 22.9 Å². The minimum Gasteiger partial charge on any atom is -0.507 e. The van der Waals surface area contributed by atoms with Gasteiger partial charge in [0.2, 0.25) is 0 Å². The molecule has 8 nitrogen and oxygen atoms in total. The first-order valence-corrected chi connectivity index (χ1v) is 12.2. The molecule has 3 aromatic rings. The van der Waals surface area contributed by atoms with Gasteiger partial charge in [-0.2, -0.15) is 10.2 Å². The van der Waals surface area contributed by atoms with E-state index < -0.39 is 0 Å². The van der Waals surface area contributed by atoms with Crippen molar-refractivity contribution in [1.29, 1.82) is 0 Å². The molecular formula is C27H37N7O. The van der Waals surface area contributed by atoms with Crippen molar-refractivity contribution in [3.63, 3.8) is 0 Å². The number of aromatic hydroxyl groups is 1. The number of aliphatic imine (C=N–C) groups is 1. The number of phenols is 1. The highest BCUT2D eigenvalue weighted by molar-refractivity contribution is 6.03. The fraction of sp³-hybridized carbons (Fsp3) is 0.481. The molecule has 3 heterocycles. The number of nitrogens with one attached hydrogen (secondary N) is 2. The highest BCUT2D eigenvalue weighted by Crippen LogP contribution is 2.31. The van der Waals surface area contributed by atoms with E-state index in [1.54, 1.807) is 23.1 Å². The van der Waals surface area contributed by atoms with Gasteiger partial charge >= 0.3 is 0 Å². The fourth-order valence-electron chi connectivity index (χ4n) is 5.30. The lowest BCUT2D eigenvalue weighted by Crippen LogP contribution is -2.59. The maximum Gasteiger partial charge on any atom is 0.157 e. The maximum absolute atomic E-state index is 10.8. The molecule has 35 heavy (non-hydrogen) atoms. The van der Waals surface area contributed by atoms with Gasteiger partial charge in [-0.05, 0) is 77.6 Å². The van der Waals surface area contributed by atoms with Crippen molar-refractivity contribution < 1.29 is 5.11 Å². The lowest BCUT2D eigenvalue weighted by atomic mass is 9.80. The number of phenolic OH excluding ortho intramolecular Hbond substituents is 1. The molecule has 0 unspecified atom stereocenters. The van der Waals surface area contributed by atoms with Crippen LogP contribution in [0.5, 0.6) is 5.75 Å². The molecule has 0 saturated carbocycles. The van der Waals surface area contributed by atoms with Gasteiger partial charge in [0.1, 0.15) is 11.6 Å². The number of nitrogens with zero attached hydrogens (tertiary/aromatic N) is 5. The summed E-state index contributed by atoms with van der Waals surface area (Å²) in [5, 5.41) is 24.3. The predicted molar refractivity (Wildman–Crippen MR) is 143 cm³/mol. The standard InChI is InChI=1S/C27H37N7O/c1-8-23(32-31-17(2)30-21-13-26(3,4)33-27(5,6)14-21)22-10-9-18(12-24(22)35)19-11-20-16-29-34(7)25(20)28-15-19/h9-12,15-16,21,33,35H,8,13-14H2,1-7H3,(H,30,31)/b32-23+. The Kier molecular flexibility index (Phi) is 6.68. The van der Waals surface area contributed by atoms with E-state index in [0.29, 0.717) is 12.0 Å². The van der Waals surface area contributed by atoms with Crippen LogP contribution < -0.4 is 10.7 Å². The molecule has 0 spiro atoms. The minimum atomic E-state index is 0.0403. The van der Waals surface area contributed by atoms with Crippen LogP contribution in [0.1, 0.15) is 66.4 Å². The first-order valence-electron chi connectivity index (χ1n) is 12.2. The summed E-state index contributed by atoms with van der Waals surface area (Å²) in [6.45, 7) is 12.9. The average molecular weight is 476 g/mol. The Labute approximate surface area is 207 Å². The molecule has 1 aliphatic heterocycles. The molecule has 1 fully saturated rings. The van der Waals surface area contributed by atoms with Crippen LogP contribution in [0.4, 0.5) is 0 Å². The van der Waals surface area contributed by atoms with Crippen LogP contribution in [-0.2, 0) is 7.05 Å². The van der Waals surface area contributed by atoms with Gasteiger partial charge in [-0.3, -0.25) is 15.1 Å². The second kappa shape index (κ2) is 9.41. The van der Waals surface area contributed by atoms with E-state index in [4.69, 9.17) is 4.99 Å². The molecule has 186 valence electrons. The highest BCUT2D eigenvalue weighted by atomic mass is 16.3. The maximum atomic E-state index is 10.8.